The van der Waals surface area contributed by atoms with Crippen LogP contribution in [0, 0.1) is 0 Å². The number of carbonyl (C=O) groups is 3. The van der Waals surface area contributed by atoms with Crippen molar-refractivity contribution in [3.63, 3.8) is 0 Å². The summed E-state index contributed by atoms with van der Waals surface area (Å²) in [6.45, 7) is 6.37. The number of rotatable bonds is 57. The second-order valence-electron chi connectivity index (χ2n) is 20.9. The van der Waals surface area contributed by atoms with E-state index in [1.54, 1.807) is 0 Å². The first kappa shape index (κ1) is 73.5. The largest absolute Gasteiger partial charge is 0.462 e. The van der Waals surface area contributed by atoms with E-state index in [1.807, 2.05) is 0 Å². The molecule has 0 aliphatic rings. The van der Waals surface area contributed by atoms with Gasteiger partial charge in [-0.2, -0.15) is 0 Å². The summed E-state index contributed by atoms with van der Waals surface area (Å²) in [6, 6.07) is 0. The Kier molecular flexibility index (Phi) is 61.4. The van der Waals surface area contributed by atoms with Crippen molar-refractivity contribution in [3.05, 3.63) is 134 Å². The first-order valence-electron chi connectivity index (χ1n) is 32.2. The number of hydrogen-bond donors (Lipinski definition) is 0. The number of ether oxygens (including phenoxy) is 3. The monoisotopic (exact) mass is 1080 g/mol. The Balaban J connectivity index is 4.29. The SMILES string of the molecule is CC/C=C\C/C=C\C/C=C\C/C=C\C/C=C\C/C=C\CCCCC(=O)OC(COC(=O)CCCCCCCCCCCC)COC(=O)CCCCCCCCCCCCCCC/C=C\C/C=C\C/C=C\C/C=C\C/C=C\CC. The molecule has 0 saturated carbocycles. The van der Waals surface area contributed by atoms with E-state index in [-0.39, 0.29) is 37.5 Å². The van der Waals surface area contributed by atoms with Crippen LogP contribution in [0.3, 0.4) is 0 Å². The fourth-order valence-electron chi connectivity index (χ4n) is 8.65. The fourth-order valence-corrected chi connectivity index (χ4v) is 8.65. The van der Waals surface area contributed by atoms with Gasteiger partial charge in [0.1, 0.15) is 13.2 Å². The second-order valence-corrected chi connectivity index (χ2v) is 20.9. The Morgan fingerprint density at radius 1 is 0.269 bits per heavy atom. The molecule has 0 aromatic rings. The van der Waals surface area contributed by atoms with Crippen LogP contribution in [0.5, 0.6) is 0 Å². The van der Waals surface area contributed by atoms with E-state index in [9.17, 15) is 14.4 Å². The van der Waals surface area contributed by atoms with Gasteiger partial charge in [0, 0.05) is 19.3 Å². The number of carbonyl (C=O) groups excluding carboxylic acids is 3. The van der Waals surface area contributed by atoms with Gasteiger partial charge in [-0.1, -0.05) is 283 Å². The van der Waals surface area contributed by atoms with Gasteiger partial charge in [0.05, 0.1) is 0 Å². The Hall–Kier alpha value is -4.45. The van der Waals surface area contributed by atoms with Gasteiger partial charge in [0.15, 0.2) is 6.10 Å². The normalized spacial score (nSPS) is 13.0. The van der Waals surface area contributed by atoms with Crippen LogP contribution in [0.2, 0.25) is 0 Å². The first-order chi connectivity index (χ1) is 38.5. The van der Waals surface area contributed by atoms with E-state index in [1.165, 1.54) is 116 Å². The zero-order chi connectivity index (χ0) is 56.4. The van der Waals surface area contributed by atoms with Gasteiger partial charge in [0.2, 0.25) is 0 Å². The molecule has 0 spiro atoms. The van der Waals surface area contributed by atoms with Gasteiger partial charge >= 0.3 is 17.9 Å². The van der Waals surface area contributed by atoms with Crippen LogP contribution in [0.1, 0.15) is 284 Å². The molecule has 6 nitrogen and oxygen atoms in total. The molecule has 78 heavy (non-hydrogen) atoms. The third-order valence-electron chi connectivity index (χ3n) is 13.4. The molecular formula is C72H118O6. The van der Waals surface area contributed by atoms with Gasteiger partial charge in [-0.3, -0.25) is 14.4 Å². The van der Waals surface area contributed by atoms with Crippen LogP contribution >= 0.6 is 0 Å². The van der Waals surface area contributed by atoms with Crippen LogP contribution in [0.25, 0.3) is 0 Å². The molecule has 0 radical (unpaired) electrons. The van der Waals surface area contributed by atoms with E-state index in [0.29, 0.717) is 19.3 Å². The van der Waals surface area contributed by atoms with Crippen LogP contribution in [-0.4, -0.2) is 37.2 Å². The average Bonchev–Trinajstić information content (AvgIpc) is 3.44. The Labute approximate surface area is 481 Å². The second kappa shape index (κ2) is 65.1. The molecule has 0 aliphatic carbocycles. The van der Waals surface area contributed by atoms with Crippen molar-refractivity contribution in [1.29, 1.82) is 0 Å². The highest BCUT2D eigenvalue weighted by Gasteiger charge is 2.19. The third-order valence-corrected chi connectivity index (χ3v) is 13.4. The lowest BCUT2D eigenvalue weighted by atomic mass is 10.0. The van der Waals surface area contributed by atoms with Gasteiger partial charge in [-0.05, 0) is 116 Å². The lowest BCUT2D eigenvalue weighted by Crippen LogP contribution is -2.30. The number of hydrogen-bond acceptors (Lipinski definition) is 6. The zero-order valence-corrected chi connectivity index (χ0v) is 50.6. The molecule has 0 aliphatic heterocycles. The summed E-state index contributed by atoms with van der Waals surface area (Å²) in [5.41, 5.74) is 0. The van der Waals surface area contributed by atoms with E-state index < -0.39 is 6.10 Å². The summed E-state index contributed by atoms with van der Waals surface area (Å²) in [5.74, 6) is -0.940. The van der Waals surface area contributed by atoms with E-state index in [0.717, 1.165) is 122 Å². The minimum absolute atomic E-state index is 0.0966. The van der Waals surface area contributed by atoms with Gasteiger partial charge in [-0.15, -0.1) is 0 Å². The molecule has 0 N–H and O–H groups in total. The Morgan fingerprint density at radius 3 is 0.808 bits per heavy atom. The molecule has 0 heterocycles. The van der Waals surface area contributed by atoms with E-state index in [2.05, 4.69) is 154 Å². The highest BCUT2D eigenvalue weighted by atomic mass is 16.6. The predicted molar refractivity (Wildman–Crippen MR) is 339 cm³/mol. The van der Waals surface area contributed by atoms with E-state index in [4.69, 9.17) is 14.2 Å². The summed E-state index contributed by atoms with van der Waals surface area (Å²) in [7, 11) is 0. The average molecular weight is 1080 g/mol. The van der Waals surface area contributed by atoms with Crippen LogP contribution in [0.15, 0.2) is 134 Å². The maximum Gasteiger partial charge on any atom is 0.306 e. The minimum Gasteiger partial charge on any atom is -0.462 e. The molecular weight excluding hydrogens is 961 g/mol. The fraction of sp³-hybridized carbons (Fsp3) is 0.653. The molecule has 1 unspecified atom stereocenters. The smallest absolute Gasteiger partial charge is 0.306 e. The molecule has 0 saturated heterocycles. The predicted octanol–water partition coefficient (Wildman–Crippen LogP) is 22.2. The van der Waals surface area contributed by atoms with Crippen LogP contribution < -0.4 is 0 Å². The lowest BCUT2D eigenvalue weighted by Gasteiger charge is -2.18. The highest BCUT2D eigenvalue weighted by Crippen LogP contribution is 2.16. The molecule has 1 atom stereocenters. The molecule has 442 valence electrons. The molecule has 0 aromatic heterocycles. The third kappa shape index (κ3) is 62.4. The highest BCUT2D eigenvalue weighted by molar-refractivity contribution is 5.71. The molecule has 0 rings (SSSR count). The maximum atomic E-state index is 12.9. The maximum absolute atomic E-state index is 12.9. The Morgan fingerprint density at radius 2 is 0.500 bits per heavy atom. The summed E-state index contributed by atoms with van der Waals surface area (Å²) in [5, 5.41) is 0. The molecule has 6 heteroatoms. The molecule has 0 fully saturated rings. The summed E-state index contributed by atoms with van der Waals surface area (Å²) in [4.78, 5) is 38.2. The van der Waals surface area contributed by atoms with Crippen molar-refractivity contribution in [2.24, 2.45) is 0 Å². The van der Waals surface area contributed by atoms with Crippen molar-refractivity contribution in [1.82, 2.24) is 0 Å². The van der Waals surface area contributed by atoms with Crippen molar-refractivity contribution < 1.29 is 28.6 Å². The summed E-state index contributed by atoms with van der Waals surface area (Å²) >= 11 is 0. The standard InChI is InChI=1S/C72H118O6/c1-4-7-10-13-16-19-22-24-26-28-30-32-33-34-35-36-37-38-39-41-42-44-46-48-50-53-56-59-62-65-71(74)77-68-69(67-76-70(73)64-61-58-55-52-21-18-15-12-9-6-3)78-72(75)66-63-60-57-54-51-49-47-45-43-40-31-29-27-25-23-20-17-14-11-8-5-2/h7-8,10-11,16-17,19-20,24-27,30-32,34-35,40,45,47,51,54,69H,4-6,9,12-15,18,21-23,28-29,33,36-39,41-44,46,48-50,52-53,55-68H2,1-3H3/b10-7-,11-8-,19-16-,20-17-,26-24-,27-25-,32-30-,35-34-,40-31-,47-45-,54-51-. The van der Waals surface area contributed by atoms with Crippen molar-refractivity contribution >= 4 is 17.9 Å². The van der Waals surface area contributed by atoms with E-state index >= 15 is 0 Å². The first-order valence-corrected chi connectivity index (χ1v) is 32.2. The quantitative estimate of drug-likeness (QED) is 0.0261. The Bertz CT molecular complexity index is 1670. The van der Waals surface area contributed by atoms with Crippen molar-refractivity contribution in [2.75, 3.05) is 13.2 Å². The molecule has 0 aromatic carbocycles. The number of esters is 3. The van der Waals surface area contributed by atoms with Crippen LogP contribution in [0.4, 0.5) is 0 Å². The van der Waals surface area contributed by atoms with Gasteiger partial charge < -0.3 is 14.2 Å². The molecule has 0 bridgehead atoms. The van der Waals surface area contributed by atoms with Gasteiger partial charge in [-0.25, -0.2) is 0 Å². The van der Waals surface area contributed by atoms with Gasteiger partial charge in [0.25, 0.3) is 0 Å². The topological polar surface area (TPSA) is 78.9 Å². The summed E-state index contributed by atoms with van der Waals surface area (Å²) in [6.07, 6.45) is 91.8. The van der Waals surface area contributed by atoms with Crippen LogP contribution in [-0.2, 0) is 28.6 Å². The number of allylic oxidation sites excluding steroid dienone is 22. The zero-order valence-electron chi connectivity index (χ0n) is 50.6. The number of unbranched alkanes of at least 4 members (excludes halogenated alkanes) is 24. The van der Waals surface area contributed by atoms with Crippen molar-refractivity contribution in [2.45, 2.75) is 290 Å². The summed E-state index contributed by atoms with van der Waals surface area (Å²) < 4.78 is 16.9. The molecule has 0 amide bonds. The minimum atomic E-state index is -0.804. The lowest BCUT2D eigenvalue weighted by molar-refractivity contribution is -0.167. The van der Waals surface area contributed by atoms with Crippen molar-refractivity contribution in [3.8, 4) is 0 Å².